The molecule has 0 bridgehead atoms. The Labute approximate surface area is 128 Å². The summed E-state index contributed by atoms with van der Waals surface area (Å²) in [4.78, 5) is 25.3. The van der Waals surface area contributed by atoms with Crippen molar-refractivity contribution >= 4 is 22.8 Å². The first-order chi connectivity index (χ1) is 10.5. The van der Waals surface area contributed by atoms with Crippen LogP contribution in [0.2, 0.25) is 0 Å². The van der Waals surface area contributed by atoms with Gasteiger partial charge in [0.25, 0.3) is 5.91 Å². The quantitative estimate of drug-likeness (QED) is 0.912. The van der Waals surface area contributed by atoms with Crippen molar-refractivity contribution in [2.45, 2.75) is 6.92 Å². The van der Waals surface area contributed by atoms with Crippen molar-refractivity contribution in [3.8, 4) is 11.5 Å². The zero-order valence-electron chi connectivity index (χ0n) is 12.7. The van der Waals surface area contributed by atoms with Crippen LogP contribution in [-0.2, 0) is 0 Å². The Bertz CT molecular complexity index is 727. The zero-order chi connectivity index (χ0) is 16.3. The second kappa shape index (κ2) is 6.34. The van der Waals surface area contributed by atoms with Crippen LogP contribution in [0, 0.1) is 0 Å². The molecule has 0 aliphatic heterocycles. The molecule has 0 aromatic heterocycles. The molecule has 0 saturated carbocycles. The summed E-state index contributed by atoms with van der Waals surface area (Å²) in [6.07, 6.45) is -0.527. The smallest absolute Gasteiger partial charge is 0.414 e. The summed E-state index contributed by atoms with van der Waals surface area (Å²) in [5, 5.41) is 13.7. The molecule has 6 nitrogen and oxygen atoms in total. The molecule has 0 heterocycles. The van der Waals surface area contributed by atoms with E-state index in [0.29, 0.717) is 17.3 Å². The number of nitrogens with one attached hydrogen (secondary N) is 1. The monoisotopic (exact) mass is 302 g/mol. The van der Waals surface area contributed by atoms with E-state index in [0.717, 1.165) is 0 Å². The van der Waals surface area contributed by atoms with E-state index < -0.39 is 12.0 Å². The van der Waals surface area contributed by atoms with E-state index >= 15 is 0 Å². The Morgan fingerprint density at radius 1 is 1.27 bits per heavy atom. The molecule has 0 spiro atoms. The highest BCUT2D eigenvalue weighted by Gasteiger charge is 2.19. The highest BCUT2D eigenvalue weighted by atomic mass is 16.6. The maximum atomic E-state index is 12.0. The van der Waals surface area contributed by atoms with E-state index in [2.05, 4.69) is 5.32 Å². The number of aromatic hydroxyl groups is 1. The topological polar surface area (TPSA) is 78.9 Å². The van der Waals surface area contributed by atoms with E-state index in [1.807, 2.05) is 6.92 Å². The maximum Gasteiger partial charge on any atom is 0.414 e. The first-order valence-electron chi connectivity index (χ1n) is 6.89. The van der Waals surface area contributed by atoms with Crippen molar-refractivity contribution in [1.82, 2.24) is 10.2 Å². The number of phenols is 1. The number of carbonyl (C=O) groups excluding carboxylic acids is 2. The molecule has 6 heteroatoms. The Morgan fingerprint density at radius 2 is 1.91 bits per heavy atom. The fraction of sp³-hybridized carbons (Fsp3) is 0.250. The summed E-state index contributed by atoms with van der Waals surface area (Å²) in [5.41, 5.74) is 0.0585. The lowest BCUT2D eigenvalue weighted by molar-refractivity contribution is 0.0960. The van der Waals surface area contributed by atoms with Crippen LogP contribution in [0.4, 0.5) is 4.79 Å². The molecule has 2 amide bonds. The van der Waals surface area contributed by atoms with Crippen LogP contribution in [-0.4, -0.2) is 42.6 Å². The molecule has 0 fully saturated rings. The highest BCUT2D eigenvalue weighted by Crippen LogP contribution is 2.36. The normalized spacial score (nSPS) is 10.3. The van der Waals surface area contributed by atoms with Crippen LogP contribution < -0.4 is 10.1 Å². The minimum Gasteiger partial charge on any atom is -0.506 e. The van der Waals surface area contributed by atoms with Gasteiger partial charge >= 0.3 is 6.09 Å². The molecule has 116 valence electrons. The predicted octanol–water partition coefficient (Wildman–Crippen LogP) is 2.36. The van der Waals surface area contributed by atoms with Gasteiger partial charge in [-0.1, -0.05) is 24.3 Å². The highest BCUT2D eigenvalue weighted by molar-refractivity contribution is 6.06. The Morgan fingerprint density at radius 3 is 2.50 bits per heavy atom. The molecule has 2 aromatic rings. The lowest BCUT2D eigenvalue weighted by Crippen LogP contribution is -2.29. The zero-order valence-corrected chi connectivity index (χ0v) is 12.7. The number of rotatable bonds is 3. The molecular weight excluding hydrogens is 284 g/mol. The summed E-state index contributed by atoms with van der Waals surface area (Å²) >= 11 is 0. The Kier molecular flexibility index (Phi) is 4.50. The number of benzene rings is 2. The number of hydrogen-bond donors (Lipinski definition) is 2. The standard InChI is InChI=1S/C16H18N2O4/c1-4-18(3)16(21)22-13-9-12(15(20)17-2)14(19)11-8-6-5-7-10(11)13/h5-9,19H,4H2,1-3H3,(H,17,20). The second-order valence-electron chi connectivity index (χ2n) is 4.78. The minimum atomic E-state index is -0.527. The number of carbonyl (C=O) groups is 2. The molecule has 0 atom stereocenters. The first-order valence-corrected chi connectivity index (χ1v) is 6.89. The van der Waals surface area contributed by atoms with Gasteiger partial charge in [0.15, 0.2) is 0 Å². The first kappa shape index (κ1) is 15.6. The SMILES string of the molecule is CCN(C)C(=O)Oc1cc(C(=O)NC)c(O)c2ccccc12. The van der Waals surface area contributed by atoms with Gasteiger partial charge in [0.1, 0.15) is 11.5 Å². The van der Waals surface area contributed by atoms with Crippen molar-refractivity contribution in [1.29, 1.82) is 0 Å². The number of amides is 2. The van der Waals surface area contributed by atoms with E-state index in [-0.39, 0.29) is 17.1 Å². The van der Waals surface area contributed by atoms with Gasteiger partial charge in [-0.15, -0.1) is 0 Å². The van der Waals surface area contributed by atoms with Gasteiger partial charge < -0.3 is 20.1 Å². The molecule has 2 N–H and O–H groups in total. The second-order valence-corrected chi connectivity index (χ2v) is 4.78. The van der Waals surface area contributed by atoms with E-state index in [1.165, 1.54) is 18.0 Å². The third-order valence-electron chi connectivity index (χ3n) is 3.43. The van der Waals surface area contributed by atoms with Crippen molar-refractivity contribution in [2.75, 3.05) is 20.6 Å². The van der Waals surface area contributed by atoms with Crippen LogP contribution in [0.5, 0.6) is 11.5 Å². The predicted molar refractivity (Wildman–Crippen MR) is 83.3 cm³/mol. The number of fused-ring (bicyclic) bond motifs is 1. The summed E-state index contributed by atoms with van der Waals surface area (Å²) in [6, 6.07) is 8.26. The molecule has 22 heavy (non-hydrogen) atoms. The van der Waals surface area contributed by atoms with Crippen molar-refractivity contribution in [3.05, 3.63) is 35.9 Å². The molecule has 2 rings (SSSR count). The summed E-state index contributed by atoms with van der Waals surface area (Å²) < 4.78 is 5.37. The minimum absolute atomic E-state index is 0.0585. The number of hydrogen-bond acceptors (Lipinski definition) is 4. The fourth-order valence-corrected chi connectivity index (χ4v) is 2.02. The lowest BCUT2D eigenvalue weighted by atomic mass is 10.0. The molecule has 0 aliphatic carbocycles. The van der Waals surface area contributed by atoms with Gasteiger partial charge in [-0.3, -0.25) is 4.79 Å². The van der Waals surface area contributed by atoms with Crippen LogP contribution in [0.3, 0.4) is 0 Å². The third-order valence-corrected chi connectivity index (χ3v) is 3.43. The summed E-state index contributed by atoms with van der Waals surface area (Å²) in [7, 11) is 3.08. The van der Waals surface area contributed by atoms with Gasteiger partial charge in [-0.25, -0.2) is 4.79 Å². The van der Waals surface area contributed by atoms with Gasteiger partial charge in [0.05, 0.1) is 5.56 Å². The van der Waals surface area contributed by atoms with Crippen molar-refractivity contribution in [2.24, 2.45) is 0 Å². The van der Waals surface area contributed by atoms with Crippen molar-refractivity contribution < 1.29 is 19.4 Å². The Balaban J connectivity index is 2.59. The summed E-state index contributed by atoms with van der Waals surface area (Å²) in [6.45, 7) is 2.32. The average Bonchev–Trinajstić information content (AvgIpc) is 2.55. The van der Waals surface area contributed by atoms with Gasteiger partial charge in [0, 0.05) is 31.4 Å². The lowest BCUT2D eigenvalue weighted by Gasteiger charge is -2.16. The van der Waals surface area contributed by atoms with Crippen molar-refractivity contribution in [3.63, 3.8) is 0 Å². The fourth-order valence-electron chi connectivity index (χ4n) is 2.02. The van der Waals surface area contributed by atoms with Gasteiger partial charge in [-0.2, -0.15) is 0 Å². The van der Waals surface area contributed by atoms with Crippen LogP contribution in [0.15, 0.2) is 30.3 Å². The number of nitrogens with zero attached hydrogens (tertiary/aromatic N) is 1. The van der Waals surface area contributed by atoms with Crippen LogP contribution in [0.25, 0.3) is 10.8 Å². The number of ether oxygens (including phenoxy) is 1. The Hall–Kier alpha value is -2.76. The van der Waals surface area contributed by atoms with E-state index in [4.69, 9.17) is 4.74 Å². The third kappa shape index (κ3) is 2.81. The van der Waals surface area contributed by atoms with E-state index in [9.17, 15) is 14.7 Å². The molecule has 2 aromatic carbocycles. The average molecular weight is 302 g/mol. The molecular formula is C16H18N2O4. The van der Waals surface area contributed by atoms with Crippen LogP contribution >= 0.6 is 0 Å². The van der Waals surface area contributed by atoms with Crippen LogP contribution in [0.1, 0.15) is 17.3 Å². The van der Waals surface area contributed by atoms with Gasteiger partial charge in [-0.05, 0) is 13.0 Å². The molecule has 0 aliphatic rings. The molecule has 0 saturated heterocycles. The number of phenolic OH excluding ortho intramolecular Hbond substituents is 1. The summed E-state index contributed by atoms with van der Waals surface area (Å²) in [5.74, 6) is -0.361. The molecule has 0 unspecified atom stereocenters. The van der Waals surface area contributed by atoms with Gasteiger partial charge in [0.2, 0.25) is 0 Å². The molecule has 0 radical (unpaired) electrons. The largest absolute Gasteiger partial charge is 0.506 e. The maximum absolute atomic E-state index is 12.0. The van der Waals surface area contributed by atoms with E-state index in [1.54, 1.807) is 31.3 Å².